The second-order valence-corrected chi connectivity index (χ2v) is 15.6. The molecule has 0 bridgehead atoms. The maximum atomic E-state index is 6.46. The van der Waals surface area contributed by atoms with E-state index in [0.29, 0.717) is 0 Å². The first-order valence-electron chi connectivity index (χ1n) is 19.2. The molecule has 8 aromatic rings. The predicted molar refractivity (Wildman–Crippen MR) is 222 cm³/mol. The number of furan rings is 1. The molecular weight excluding hydrogens is 643 g/mol. The molecule has 1 aromatic heterocycles. The van der Waals surface area contributed by atoms with E-state index in [4.69, 9.17) is 4.42 Å². The molecule has 0 unspecified atom stereocenters. The molecule has 0 radical (unpaired) electrons. The van der Waals surface area contributed by atoms with Crippen LogP contribution in [0.15, 0.2) is 168 Å². The number of fused-ring (bicyclic) bond motifs is 6. The molecule has 2 aliphatic rings. The minimum Gasteiger partial charge on any atom is -0.456 e. The van der Waals surface area contributed by atoms with Gasteiger partial charge in [-0.15, -0.1) is 0 Å². The Bertz CT molecular complexity index is 2610. The Morgan fingerprint density at radius 3 is 1.91 bits per heavy atom. The monoisotopic (exact) mass is 685 g/mol. The van der Waals surface area contributed by atoms with Gasteiger partial charge >= 0.3 is 0 Å². The van der Waals surface area contributed by atoms with Crippen molar-refractivity contribution in [1.82, 2.24) is 0 Å². The van der Waals surface area contributed by atoms with E-state index in [1.54, 1.807) is 0 Å². The number of nitrogens with zero attached hydrogens (tertiary/aromatic N) is 1. The fraction of sp³-hybridized carbons (Fsp3) is 0.176. The Kier molecular flexibility index (Phi) is 7.44. The number of hydrogen-bond donors (Lipinski definition) is 0. The Labute approximate surface area is 312 Å². The molecule has 1 heterocycles. The predicted octanol–water partition coefficient (Wildman–Crippen LogP) is 14.3. The zero-order valence-corrected chi connectivity index (χ0v) is 30.5. The van der Waals surface area contributed by atoms with Gasteiger partial charge < -0.3 is 9.32 Å². The fourth-order valence-electron chi connectivity index (χ4n) is 9.68. The number of anilines is 3. The lowest BCUT2D eigenvalue weighted by molar-refractivity contribution is 0.346. The molecular formula is C51H43NO. The van der Waals surface area contributed by atoms with Crippen molar-refractivity contribution < 1.29 is 4.42 Å². The number of benzene rings is 7. The Morgan fingerprint density at radius 1 is 0.472 bits per heavy atom. The summed E-state index contributed by atoms with van der Waals surface area (Å²) in [5, 5.41) is 2.28. The molecule has 7 aromatic carbocycles. The molecule has 53 heavy (non-hydrogen) atoms. The van der Waals surface area contributed by atoms with E-state index in [1.165, 1.54) is 76.6 Å². The lowest BCUT2D eigenvalue weighted by Crippen LogP contribution is -2.30. The lowest BCUT2D eigenvalue weighted by Gasteiger charge is -2.39. The Balaban J connectivity index is 1.15. The largest absolute Gasteiger partial charge is 0.456 e. The van der Waals surface area contributed by atoms with Crippen LogP contribution in [-0.4, -0.2) is 0 Å². The molecule has 1 saturated carbocycles. The van der Waals surface area contributed by atoms with E-state index in [0.717, 1.165) is 39.0 Å². The highest BCUT2D eigenvalue weighted by atomic mass is 16.3. The molecule has 1 fully saturated rings. The van der Waals surface area contributed by atoms with E-state index in [9.17, 15) is 0 Å². The average Bonchev–Trinajstić information content (AvgIpc) is 3.70. The van der Waals surface area contributed by atoms with Crippen LogP contribution in [-0.2, 0) is 10.8 Å². The highest BCUT2D eigenvalue weighted by molar-refractivity contribution is 6.06. The molecule has 0 N–H and O–H groups in total. The van der Waals surface area contributed by atoms with Gasteiger partial charge in [0.25, 0.3) is 0 Å². The Hall–Kier alpha value is -5.86. The summed E-state index contributed by atoms with van der Waals surface area (Å²) in [6, 6.07) is 60.5. The minimum atomic E-state index is -0.112. The van der Waals surface area contributed by atoms with Crippen LogP contribution in [0.1, 0.15) is 68.2 Å². The van der Waals surface area contributed by atoms with Gasteiger partial charge in [-0.05, 0) is 99.8 Å². The smallest absolute Gasteiger partial charge is 0.137 e. The van der Waals surface area contributed by atoms with Crippen LogP contribution < -0.4 is 4.90 Å². The molecule has 2 nitrogen and oxygen atoms in total. The van der Waals surface area contributed by atoms with Gasteiger partial charge in [-0.25, -0.2) is 0 Å². The van der Waals surface area contributed by atoms with Crippen LogP contribution in [0.3, 0.4) is 0 Å². The fourth-order valence-corrected chi connectivity index (χ4v) is 9.68. The van der Waals surface area contributed by atoms with Crippen LogP contribution in [0.2, 0.25) is 0 Å². The van der Waals surface area contributed by atoms with Gasteiger partial charge in [0.2, 0.25) is 0 Å². The Morgan fingerprint density at radius 2 is 1.11 bits per heavy atom. The molecule has 0 spiro atoms. The average molecular weight is 686 g/mol. The molecule has 0 aliphatic heterocycles. The summed E-state index contributed by atoms with van der Waals surface area (Å²) >= 11 is 0. The standard InChI is InChI=1S/C51H43NO/c1-50(2)45-30-28-39(33-44(45)49-41(20-14-21-46(49)50)35-15-6-3-7-16-35)52(40-27-29-43-42-19-10-11-22-47(42)53-48(43)34-40)38-25-23-37(24-26-38)51(31-12-5-13-32-51)36-17-8-4-9-18-36/h3-4,6-11,14-30,33-34H,5,12-13,31-32H2,1-2H3. The summed E-state index contributed by atoms with van der Waals surface area (Å²) in [4.78, 5) is 2.42. The van der Waals surface area contributed by atoms with E-state index in [-0.39, 0.29) is 10.8 Å². The van der Waals surface area contributed by atoms with Crippen molar-refractivity contribution in [2.45, 2.75) is 56.8 Å². The first-order valence-corrected chi connectivity index (χ1v) is 19.2. The van der Waals surface area contributed by atoms with Gasteiger partial charge in [0.15, 0.2) is 0 Å². The normalized spacial score (nSPS) is 15.7. The lowest BCUT2D eigenvalue weighted by atomic mass is 9.65. The number of hydrogen-bond acceptors (Lipinski definition) is 2. The molecule has 2 heteroatoms. The molecule has 0 saturated heterocycles. The van der Waals surface area contributed by atoms with Crippen molar-refractivity contribution in [3.63, 3.8) is 0 Å². The summed E-state index contributed by atoms with van der Waals surface area (Å²) in [5.41, 5.74) is 15.9. The SMILES string of the molecule is CC1(C)c2ccc(N(c3ccc(C4(c5ccccc5)CCCCC4)cc3)c3ccc4c(c3)oc3ccccc34)cc2-c2c(-c3ccccc3)cccc21. The maximum Gasteiger partial charge on any atom is 0.137 e. The van der Waals surface area contributed by atoms with Gasteiger partial charge in [-0.1, -0.05) is 148 Å². The van der Waals surface area contributed by atoms with Gasteiger partial charge in [-0.3, -0.25) is 0 Å². The van der Waals surface area contributed by atoms with Gasteiger partial charge in [0.1, 0.15) is 11.2 Å². The van der Waals surface area contributed by atoms with Crippen molar-refractivity contribution in [2.75, 3.05) is 4.90 Å². The molecule has 2 aliphatic carbocycles. The van der Waals surface area contributed by atoms with Crippen LogP contribution in [0.25, 0.3) is 44.2 Å². The highest BCUT2D eigenvalue weighted by Crippen LogP contribution is 2.54. The van der Waals surface area contributed by atoms with Gasteiger partial charge in [0.05, 0.1) is 0 Å². The van der Waals surface area contributed by atoms with Crippen LogP contribution in [0.4, 0.5) is 17.1 Å². The highest BCUT2D eigenvalue weighted by Gasteiger charge is 2.38. The van der Waals surface area contributed by atoms with Crippen molar-refractivity contribution in [3.8, 4) is 22.3 Å². The van der Waals surface area contributed by atoms with Gasteiger partial charge in [-0.2, -0.15) is 0 Å². The molecule has 0 amide bonds. The second kappa shape index (κ2) is 12.4. The number of rotatable bonds is 6. The molecule has 258 valence electrons. The summed E-state index contributed by atoms with van der Waals surface area (Å²) in [6.07, 6.45) is 6.21. The van der Waals surface area contributed by atoms with Crippen molar-refractivity contribution in [3.05, 3.63) is 186 Å². The summed E-state index contributed by atoms with van der Waals surface area (Å²) in [6.45, 7) is 4.73. The third-order valence-electron chi connectivity index (χ3n) is 12.4. The molecule has 10 rings (SSSR count). The third-order valence-corrected chi connectivity index (χ3v) is 12.4. The number of para-hydroxylation sites is 1. The van der Waals surface area contributed by atoms with E-state index < -0.39 is 0 Å². The van der Waals surface area contributed by atoms with Crippen molar-refractivity contribution in [1.29, 1.82) is 0 Å². The van der Waals surface area contributed by atoms with Crippen LogP contribution >= 0.6 is 0 Å². The maximum absolute atomic E-state index is 6.46. The minimum absolute atomic E-state index is 0.0484. The molecule has 0 atom stereocenters. The van der Waals surface area contributed by atoms with Gasteiger partial charge in [0, 0.05) is 44.7 Å². The zero-order chi connectivity index (χ0) is 35.6. The third kappa shape index (κ3) is 5.07. The zero-order valence-electron chi connectivity index (χ0n) is 30.5. The van der Waals surface area contributed by atoms with Crippen molar-refractivity contribution >= 4 is 39.0 Å². The first kappa shape index (κ1) is 31.8. The summed E-state index contributed by atoms with van der Waals surface area (Å²) < 4.78 is 6.46. The summed E-state index contributed by atoms with van der Waals surface area (Å²) in [5.74, 6) is 0. The van der Waals surface area contributed by atoms with Crippen molar-refractivity contribution in [2.24, 2.45) is 0 Å². The quantitative estimate of drug-likeness (QED) is 0.173. The first-order chi connectivity index (χ1) is 26.0. The topological polar surface area (TPSA) is 16.4 Å². The van der Waals surface area contributed by atoms with Crippen LogP contribution in [0.5, 0.6) is 0 Å². The van der Waals surface area contributed by atoms with E-state index >= 15 is 0 Å². The van der Waals surface area contributed by atoms with Crippen LogP contribution in [0, 0.1) is 0 Å². The second-order valence-electron chi connectivity index (χ2n) is 15.6. The van der Waals surface area contributed by atoms with E-state index in [2.05, 4.69) is 176 Å². The van der Waals surface area contributed by atoms with E-state index in [1.807, 2.05) is 6.07 Å². The summed E-state index contributed by atoms with van der Waals surface area (Å²) in [7, 11) is 0.